The Morgan fingerprint density at radius 1 is 1.00 bits per heavy atom. The van der Waals surface area contributed by atoms with E-state index in [2.05, 4.69) is 10.3 Å². The molecule has 0 radical (unpaired) electrons. The Morgan fingerprint density at radius 3 is 2.14 bits per heavy atom. The minimum atomic E-state index is 0.641. The maximum Gasteiger partial charge on any atom is 0.152 e. The molecule has 0 aliphatic rings. The standard InChI is InChI=1S/C12H17N3O.C9H11NOS/c1-13-12(8-15(2)3)14-11-7-5-4-6-10(11)9-16;1-10(2)12-9-5-3-8(7-11)4-6-9/h4-7,9H,8H2,1-3H3,(H,13,14);3-7H,1-2H3. The summed E-state index contributed by atoms with van der Waals surface area (Å²) in [4.78, 5) is 28.5. The maximum atomic E-state index is 10.8. The lowest BCUT2D eigenvalue weighted by Crippen LogP contribution is -2.27. The van der Waals surface area contributed by atoms with E-state index in [1.165, 1.54) is 0 Å². The predicted octanol–water partition coefficient (Wildman–Crippen LogP) is 3.57. The zero-order valence-corrected chi connectivity index (χ0v) is 17.9. The summed E-state index contributed by atoms with van der Waals surface area (Å²) in [5, 5.41) is 3.16. The molecule has 6 nitrogen and oxygen atoms in total. The summed E-state index contributed by atoms with van der Waals surface area (Å²) in [6, 6.07) is 14.9. The van der Waals surface area contributed by atoms with Gasteiger partial charge in [0.25, 0.3) is 0 Å². The Kier molecular flexibility index (Phi) is 10.8. The number of carbonyl (C=O) groups is 2. The Labute approximate surface area is 171 Å². The van der Waals surface area contributed by atoms with Crippen molar-refractivity contribution in [3.8, 4) is 0 Å². The van der Waals surface area contributed by atoms with E-state index in [4.69, 9.17) is 0 Å². The highest BCUT2D eigenvalue weighted by Gasteiger charge is 2.04. The summed E-state index contributed by atoms with van der Waals surface area (Å²) in [5.41, 5.74) is 2.15. The van der Waals surface area contributed by atoms with Gasteiger partial charge in [0.15, 0.2) is 6.29 Å². The molecule has 0 aliphatic heterocycles. The molecule has 0 saturated carbocycles. The van der Waals surface area contributed by atoms with Crippen molar-refractivity contribution in [3.05, 3.63) is 59.7 Å². The Balaban J connectivity index is 0.000000292. The van der Waals surface area contributed by atoms with Crippen LogP contribution in [0.2, 0.25) is 0 Å². The minimum Gasteiger partial charge on any atom is -0.342 e. The number of likely N-dealkylation sites (N-methyl/N-ethyl adjacent to an activating group) is 1. The second kappa shape index (κ2) is 12.8. The van der Waals surface area contributed by atoms with Gasteiger partial charge in [0, 0.05) is 28.8 Å². The Morgan fingerprint density at radius 2 is 1.64 bits per heavy atom. The molecule has 0 bridgehead atoms. The zero-order chi connectivity index (χ0) is 20.9. The van der Waals surface area contributed by atoms with Crippen molar-refractivity contribution in [2.24, 2.45) is 4.99 Å². The molecule has 0 atom stereocenters. The number of nitrogens with one attached hydrogen (secondary N) is 1. The molecule has 0 spiro atoms. The third-order valence-electron chi connectivity index (χ3n) is 3.41. The smallest absolute Gasteiger partial charge is 0.152 e. The van der Waals surface area contributed by atoms with E-state index in [0.717, 1.165) is 34.6 Å². The molecule has 0 aromatic heterocycles. The van der Waals surface area contributed by atoms with E-state index >= 15 is 0 Å². The van der Waals surface area contributed by atoms with Gasteiger partial charge in [-0.2, -0.15) is 0 Å². The van der Waals surface area contributed by atoms with Gasteiger partial charge in [-0.25, -0.2) is 0 Å². The number of para-hydroxylation sites is 1. The molecule has 2 aromatic rings. The van der Waals surface area contributed by atoms with Gasteiger partial charge in [0.05, 0.1) is 6.54 Å². The Bertz CT molecular complexity index is 774. The number of rotatable bonds is 7. The molecular weight excluding hydrogens is 372 g/mol. The first-order chi connectivity index (χ1) is 13.4. The molecule has 1 N–H and O–H groups in total. The number of nitrogens with zero attached hydrogens (tertiary/aromatic N) is 3. The number of benzene rings is 2. The third kappa shape index (κ3) is 8.94. The lowest BCUT2D eigenvalue weighted by atomic mass is 10.2. The van der Waals surface area contributed by atoms with E-state index in [9.17, 15) is 9.59 Å². The van der Waals surface area contributed by atoms with Crippen LogP contribution in [0.25, 0.3) is 0 Å². The fourth-order valence-corrected chi connectivity index (χ4v) is 2.83. The summed E-state index contributed by atoms with van der Waals surface area (Å²) in [7, 11) is 9.64. The van der Waals surface area contributed by atoms with Crippen LogP contribution in [0.15, 0.2) is 58.4 Å². The number of aliphatic imine (C=N–C) groups is 1. The van der Waals surface area contributed by atoms with Gasteiger partial charge in [0.1, 0.15) is 12.1 Å². The number of amidine groups is 1. The van der Waals surface area contributed by atoms with Gasteiger partial charge >= 0.3 is 0 Å². The molecule has 0 saturated heterocycles. The highest BCUT2D eigenvalue weighted by Crippen LogP contribution is 2.19. The molecule has 7 heteroatoms. The average molecular weight is 401 g/mol. The first kappa shape index (κ1) is 23.6. The number of aldehydes is 2. The summed E-state index contributed by atoms with van der Waals surface area (Å²) >= 11 is 1.64. The molecule has 28 heavy (non-hydrogen) atoms. The van der Waals surface area contributed by atoms with Crippen molar-refractivity contribution < 1.29 is 9.59 Å². The Hall–Kier alpha value is -2.48. The SMILES string of the molecule is CN(C)Sc1ccc(C=O)cc1.CN=C(CN(C)C)Nc1ccccc1C=O. The molecule has 0 heterocycles. The van der Waals surface area contributed by atoms with E-state index < -0.39 is 0 Å². The van der Waals surface area contributed by atoms with E-state index in [-0.39, 0.29) is 0 Å². The highest BCUT2D eigenvalue weighted by molar-refractivity contribution is 7.97. The minimum absolute atomic E-state index is 0.641. The molecule has 2 rings (SSSR count). The summed E-state index contributed by atoms with van der Waals surface area (Å²) in [5.74, 6) is 0.833. The largest absolute Gasteiger partial charge is 0.342 e. The third-order valence-corrected chi connectivity index (χ3v) is 4.25. The fourth-order valence-electron chi connectivity index (χ4n) is 2.15. The first-order valence-corrected chi connectivity index (χ1v) is 9.49. The summed E-state index contributed by atoms with van der Waals surface area (Å²) < 4.78 is 2.01. The molecule has 0 aliphatic carbocycles. The fraction of sp³-hybridized carbons (Fsp3) is 0.286. The second-order valence-corrected chi connectivity index (χ2v) is 7.71. The maximum absolute atomic E-state index is 10.8. The van der Waals surface area contributed by atoms with Gasteiger partial charge in [0.2, 0.25) is 0 Å². The quantitative estimate of drug-likeness (QED) is 0.332. The first-order valence-electron chi connectivity index (χ1n) is 8.71. The van der Waals surface area contributed by atoms with Gasteiger partial charge in [-0.05, 0) is 64.4 Å². The van der Waals surface area contributed by atoms with Crippen LogP contribution >= 0.6 is 11.9 Å². The van der Waals surface area contributed by atoms with Crippen LogP contribution in [0.5, 0.6) is 0 Å². The predicted molar refractivity (Wildman–Crippen MR) is 119 cm³/mol. The van der Waals surface area contributed by atoms with E-state index in [1.54, 1.807) is 25.1 Å². The van der Waals surface area contributed by atoms with Crippen LogP contribution in [0.4, 0.5) is 5.69 Å². The molecule has 0 fully saturated rings. The molecule has 2 aromatic carbocycles. The van der Waals surface area contributed by atoms with E-state index in [1.807, 2.05) is 79.9 Å². The van der Waals surface area contributed by atoms with Crippen molar-refractivity contribution in [3.63, 3.8) is 0 Å². The van der Waals surface area contributed by atoms with Crippen LogP contribution in [0.3, 0.4) is 0 Å². The van der Waals surface area contributed by atoms with Crippen molar-refractivity contribution >= 4 is 36.0 Å². The zero-order valence-electron chi connectivity index (χ0n) is 17.0. The van der Waals surface area contributed by atoms with Crippen LogP contribution in [-0.2, 0) is 0 Å². The van der Waals surface area contributed by atoms with Crippen molar-refractivity contribution in [1.29, 1.82) is 0 Å². The van der Waals surface area contributed by atoms with Gasteiger partial charge in [-0.3, -0.25) is 18.9 Å². The lowest BCUT2D eigenvalue weighted by molar-refractivity contribution is 0.111. The van der Waals surface area contributed by atoms with Crippen molar-refractivity contribution in [2.45, 2.75) is 4.90 Å². The van der Waals surface area contributed by atoms with Gasteiger partial charge in [-0.15, -0.1) is 0 Å². The summed E-state index contributed by atoms with van der Waals surface area (Å²) in [6.45, 7) is 0.712. The van der Waals surface area contributed by atoms with Crippen molar-refractivity contribution in [1.82, 2.24) is 9.21 Å². The summed E-state index contributed by atoms with van der Waals surface area (Å²) in [6.07, 6.45) is 1.69. The topological polar surface area (TPSA) is 65.0 Å². The second-order valence-electron chi connectivity index (χ2n) is 6.33. The average Bonchev–Trinajstić information content (AvgIpc) is 2.68. The van der Waals surface area contributed by atoms with Crippen LogP contribution < -0.4 is 5.32 Å². The molecule has 0 amide bonds. The number of hydrogen-bond acceptors (Lipinski definition) is 6. The normalized spacial score (nSPS) is 11.0. The van der Waals surface area contributed by atoms with Crippen LogP contribution in [0.1, 0.15) is 20.7 Å². The number of carbonyl (C=O) groups excluding carboxylic acids is 2. The number of anilines is 1. The highest BCUT2D eigenvalue weighted by atomic mass is 32.2. The van der Waals surface area contributed by atoms with Crippen molar-refractivity contribution in [2.75, 3.05) is 47.1 Å². The monoisotopic (exact) mass is 400 g/mol. The van der Waals surface area contributed by atoms with Gasteiger partial charge < -0.3 is 10.2 Å². The molecule has 150 valence electrons. The van der Waals surface area contributed by atoms with Crippen LogP contribution in [0, 0.1) is 0 Å². The number of hydrogen-bond donors (Lipinski definition) is 1. The van der Waals surface area contributed by atoms with Crippen LogP contribution in [-0.4, -0.2) is 69.4 Å². The lowest BCUT2D eigenvalue weighted by Gasteiger charge is -2.14. The van der Waals surface area contributed by atoms with E-state index in [0.29, 0.717) is 12.1 Å². The van der Waals surface area contributed by atoms with Gasteiger partial charge in [-0.1, -0.05) is 24.3 Å². The molecule has 0 unspecified atom stereocenters. The molecular formula is C21H28N4O2S.